The van der Waals surface area contributed by atoms with Crippen molar-refractivity contribution in [1.82, 2.24) is 24.7 Å². The molecule has 19 nitrogen and oxygen atoms in total. The van der Waals surface area contributed by atoms with Gasteiger partial charge in [0.2, 0.25) is 5.91 Å². The van der Waals surface area contributed by atoms with E-state index < -0.39 is 39.3 Å². The Bertz CT molecular complexity index is 2560. The van der Waals surface area contributed by atoms with Crippen LogP contribution in [0.5, 0.6) is 0 Å². The molecule has 79 heavy (non-hydrogen) atoms. The van der Waals surface area contributed by atoms with E-state index >= 15 is 0 Å². The average Bonchev–Trinajstić information content (AvgIpc) is 3.39. The van der Waals surface area contributed by atoms with Gasteiger partial charge < -0.3 is 53.0 Å². The van der Waals surface area contributed by atoms with Crippen LogP contribution in [0.1, 0.15) is 73.9 Å². The van der Waals surface area contributed by atoms with Crippen molar-refractivity contribution >= 4 is 46.3 Å². The quantitative estimate of drug-likeness (QED) is 0.0587. The van der Waals surface area contributed by atoms with E-state index in [1.54, 1.807) is 26.0 Å². The number of nitro groups is 2. The molecule has 1 amide bonds. The fraction of sp³-hybridized carbons (Fsp3) is 0.538. The number of quaternary nitrogens is 1. The number of carbonyl (C=O) groups is 2. The van der Waals surface area contributed by atoms with Crippen LogP contribution in [-0.2, 0) is 21.9 Å². The van der Waals surface area contributed by atoms with Gasteiger partial charge in [0, 0.05) is 126 Å². The molecule has 4 aliphatic rings. The number of nitrogens with one attached hydrogen (secondary N) is 2. The summed E-state index contributed by atoms with van der Waals surface area (Å²) >= 11 is 0. The number of pyridine rings is 2. The Balaban J connectivity index is 0.000000278. The van der Waals surface area contributed by atoms with E-state index in [1.165, 1.54) is 36.4 Å². The van der Waals surface area contributed by atoms with Crippen LogP contribution >= 0.6 is 0 Å². The van der Waals surface area contributed by atoms with Crippen LogP contribution in [-0.4, -0.2) is 150 Å². The van der Waals surface area contributed by atoms with E-state index in [9.17, 15) is 61.3 Å². The summed E-state index contributed by atoms with van der Waals surface area (Å²) in [6, 6.07) is 17.4. The summed E-state index contributed by atoms with van der Waals surface area (Å²) in [5, 5.41) is 40.9. The number of anilines is 4. The molecule has 0 aliphatic carbocycles. The molecule has 0 bridgehead atoms. The fourth-order valence-corrected chi connectivity index (χ4v) is 9.66. The molecule has 0 saturated carbocycles. The number of piperidine rings is 2. The van der Waals surface area contributed by atoms with Crippen molar-refractivity contribution in [2.45, 2.75) is 89.7 Å². The first kappa shape index (κ1) is 65.5. The van der Waals surface area contributed by atoms with Crippen molar-refractivity contribution in [3.05, 3.63) is 116 Å². The number of carbonyl (C=O) groups excluding carboxylic acids is 2. The minimum Gasteiger partial charge on any atom is -1.00 e. The van der Waals surface area contributed by atoms with E-state index in [2.05, 4.69) is 40.6 Å². The largest absolute Gasteiger partial charge is 1.00 e. The Hall–Kier alpha value is -5.97. The van der Waals surface area contributed by atoms with Gasteiger partial charge in [-0.3, -0.25) is 34.8 Å². The molecule has 4 aliphatic heterocycles. The summed E-state index contributed by atoms with van der Waals surface area (Å²) in [6.07, 6.45) is -2.98. The Morgan fingerprint density at radius 3 is 1.33 bits per heavy atom. The van der Waals surface area contributed by atoms with Gasteiger partial charge in [0.15, 0.2) is 0 Å². The molecule has 0 unspecified atom stereocenters. The van der Waals surface area contributed by atoms with Gasteiger partial charge in [0.25, 0.3) is 11.4 Å². The fourth-order valence-electron chi connectivity index (χ4n) is 9.66. The molecule has 6 heterocycles. The number of benzene rings is 2. The number of likely N-dealkylation sites (tertiary alicyclic amines) is 1. The summed E-state index contributed by atoms with van der Waals surface area (Å²) < 4.78 is 75.9. The molecule has 4 N–H and O–H groups in total. The molecular weight excluding hydrogens is 1060 g/mol. The summed E-state index contributed by atoms with van der Waals surface area (Å²) in [7, 11) is 0. The van der Waals surface area contributed by atoms with Crippen molar-refractivity contribution < 1.29 is 87.5 Å². The van der Waals surface area contributed by atoms with Gasteiger partial charge in [0.1, 0.15) is 23.0 Å². The van der Waals surface area contributed by atoms with Crippen LogP contribution in [0.2, 0.25) is 0 Å². The third kappa shape index (κ3) is 20.9. The predicted octanol–water partition coefficient (Wildman–Crippen LogP) is 0.124. The average molecular weight is 1130 g/mol. The normalized spacial score (nSPS) is 16.7. The molecule has 0 atom stereocenters. The first-order valence-electron chi connectivity index (χ1n) is 26.0. The Kier molecular flexibility index (Phi) is 25.8. The monoisotopic (exact) mass is 1130 g/mol. The number of aromatic nitrogens is 2. The van der Waals surface area contributed by atoms with Gasteiger partial charge in [0.05, 0.1) is 34.1 Å². The standard InChI is InChI=1S/C26H33F3N6O3.C15H19F3N2O2.C11H16N4O2.ClH.Li/c1-19-23(35(37)38)8-9-24(30-19)31-21-10-13-34(14-11-21)25(36)3-2-12-32-15-17-33(18-16-32)22-6-4-20(5-7-22)26(27,28)29;16-15(17,18)12-3-5-13(6-4-12)20-10-8-19(9-11-20)7-1-2-14(21)22;1-8-10(15(16)17)2-3-11(13-8)14-9-4-6-12-7-5-9;;/h4-9,21H,2-3,10-18H2,1H3,(H,30,31);3-6H,1-2,7-11H2,(H,21,22);2-3,9,12H,4-7H2,1H3,(H,13,14);1H;/q;;;;+1/p-1. The van der Waals surface area contributed by atoms with Gasteiger partial charge in [-0.15, -0.1) is 0 Å². The zero-order valence-electron chi connectivity index (χ0n) is 44.7. The third-order valence-corrected chi connectivity index (χ3v) is 14.1. The van der Waals surface area contributed by atoms with E-state index in [-0.39, 0.29) is 61.0 Å². The van der Waals surface area contributed by atoms with Gasteiger partial charge >= 0.3 is 31.2 Å². The Morgan fingerprint density at radius 1 is 0.595 bits per heavy atom. The maximum Gasteiger partial charge on any atom is 1.00 e. The van der Waals surface area contributed by atoms with Crippen LogP contribution in [0.3, 0.4) is 0 Å². The van der Waals surface area contributed by atoms with Crippen molar-refractivity contribution in [1.29, 1.82) is 0 Å². The number of amides is 1. The number of halogens is 7. The van der Waals surface area contributed by atoms with Crippen LogP contribution in [0, 0.1) is 34.1 Å². The SMILES string of the molecule is Cc1nc(NC2CCN(C(=O)CCCN3CCN(c4ccc(C(F)(F)F)cc4)CC3)CC2)ccc1[N+](=O)[O-].Cc1nc(NC2CC[NH2+]CC2)ccc1[N+](=O)[O-].O=C([O-])CCCN1CCN(c2ccc(C(F)(F)F)cc2)CC1.[Cl-].[Li+]. The number of aryl methyl sites for hydroxylation is 2. The number of nitrogens with zero attached hydrogens (tertiary/aromatic N) is 9. The molecule has 0 radical (unpaired) electrons. The smallest absolute Gasteiger partial charge is 1.00 e. The first-order chi connectivity index (χ1) is 36.6. The second-order valence-electron chi connectivity index (χ2n) is 19.5. The molecule has 4 fully saturated rings. The van der Waals surface area contributed by atoms with Crippen molar-refractivity contribution in [3.63, 3.8) is 0 Å². The molecule has 4 saturated heterocycles. The molecule has 27 heteroatoms. The number of rotatable bonds is 16. The van der Waals surface area contributed by atoms with Crippen molar-refractivity contribution in [2.24, 2.45) is 0 Å². The maximum absolute atomic E-state index is 12.8. The topological polar surface area (TPSA) is 226 Å². The molecular formula is C52H68ClF6LiN12O7. The molecule has 0 spiro atoms. The van der Waals surface area contributed by atoms with Gasteiger partial charge in [-0.2, -0.15) is 26.3 Å². The van der Waals surface area contributed by atoms with Gasteiger partial charge in [-0.1, -0.05) is 0 Å². The predicted molar refractivity (Wildman–Crippen MR) is 276 cm³/mol. The number of aliphatic carboxylic acids is 1. The number of piperazine rings is 2. The maximum atomic E-state index is 12.8. The second-order valence-corrected chi connectivity index (χ2v) is 19.5. The molecule has 2 aromatic heterocycles. The van der Waals surface area contributed by atoms with E-state index in [0.717, 1.165) is 146 Å². The second kappa shape index (κ2) is 31.1. The van der Waals surface area contributed by atoms with Crippen molar-refractivity contribution in [3.8, 4) is 0 Å². The Morgan fingerprint density at radius 2 is 0.975 bits per heavy atom. The summed E-state index contributed by atoms with van der Waals surface area (Å²) in [4.78, 5) is 62.8. The minimum absolute atomic E-state index is 0. The van der Waals surface area contributed by atoms with Crippen LogP contribution < -0.4 is 62.1 Å². The zero-order chi connectivity index (χ0) is 55.7. The van der Waals surface area contributed by atoms with Crippen LogP contribution in [0.15, 0.2) is 72.8 Å². The van der Waals surface area contributed by atoms with Crippen LogP contribution in [0.4, 0.5) is 60.7 Å². The number of alkyl halides is 6. The molecule has 4 aromatic rings. The van der Waals surface area contributed by atoms with E-state index in [4.69, 9.17) is 0 Å². The zero-order valence-corrected chi connectivity index (χ0v) is 45.5. The number of nitrogens with two attached hydrogens (primary N) is 1. The minimum atomic E-state index is -4.33. The number of hydrogen-bond donors (Lipinski definition) is 3. The summed E-state index contributed by atoms with van der Waals surface area (Å²) in [5.74, 6) is 0.454. The number of carboxylic acids is 1. The number of hydrogen-bond acceptors (Lipinski definition) is 15. The van der Waals surface area contributed by atoms with E-state index in [1.807, 2.05) is 9.80 Å². The van der Waals surface area contributed by atoms with Gasteiger partial charge in [-0.25, -0.2) is 9.97 Å². The molecule has 2 aromatic carbocycles. The van der Waals surface area contributed by atoms with Crippen molar-refractivity contribution in [2.75, 3.05) is 112 Å². The summed E-state index contributed by atoms with van der Waals surface area (Å²) in [6.45, 7) is 14.5. The van der Waals surface area contributed by atoms with E-state index in [0.29, 0.717) is 55.7 Å². The first-order valence-corrected chi connectivity index (χ1v) is 26.0. The molecule has 428 valence electrons. The summed E-state index contributed by atoms with van der Waals surface area (Å²) in [5.41, 5.74) is 1.20. The molecule has 8 rings (SSSR count). The Labute approximate surface area is 473 Å². The van der Waals surface area contributed by atoms with Crippen LogP contribution in [0.25, 0.3) is 0 Å². The third-order valence-electron chi connectivity index (χ3n) is 14.1. The number of carboxylic acid groups (broad SMARTS) is 1. The van der Waals surface area contributed by atoms with Gasteiger partial charge in [-0.05, 0) is 120 Å².